The fraction of sp³-hybridized carbons (Fsp3) is 0. The van der Waals surface area contributed by atoms with Gasteiger partial charge in [0.1, 0.15) is 11.5 Å². The van der Waals surface area contributed by atoms with E-state index in [2.05, 4.69) is 20.6 Å². The van der Waals surface area contributed by atoms with E-state index in [1.165, 1.54) is 36.5 Å². The second-order valence-electron chi connectivity index (χ2n) is 4.98. The number of carbonyl (C=O) groups excluding carboxylic acids is 1. The summed E-state index contributed by atoms with van der Waals surface area (Å²) in [5, 5.41) is 6.47. The fourth-order valence-corrected chi connectivity index (χ4v) is 2.32. The molecule has 1 aromatic heterocycles. The van der Waals surface area contributed by atoms with E-state index >= 15 is 0 Å². The second-order valence-corrected chi connectivity index (χ2v) is 5.82. The van der Waals surface area contributed by atoms with Gasteiger partial charge in [0.25, 0.3) is 5.91 Å². The minimum atomic E-state index is -0.450. The van der Waals surface area contributed by atoms with Gasteiger partial charge in [0.05, 0.1) is 10.7 Å². The smallest absolute Gasteiger partial charge is 0.274 e. The summed E-state index contributed by atoms with van der Waals surface area (Å²) in [4.78, 5) is 20.4. The molecule has 0 fully saturated rings. The van der Waals surface area contributed by atoms with Gasteiger partial charge in [-0.3, -0.25) is 4.79 Å². The number of benzene rings is 2. The van der Waals surface area contributed by atoms with Crippen molar-refractivity contribution in [1.82, 2.24) is 9.97 Å². The fourth-order valence-electron chi connectivity index (χ4n) is 1.99. The van der Waals surface area contributed by atoms with Crippen LogP contribution < -0.4 is 10.6 Å². The van der Waals surface area contributed by atoms with Crippen LogP contribution in [0.15, 0.2) is 54.7 Å². The van der Waals surface area contributed by atoms with Crippen LogP contribution in [0.25, 0.3) is 0 Å². The van der Waals surface area contributed by atoms with E-state index in [1.807, 2.05) is 0 Å². The summed E-state index contributed by atoms with van der Waals surface area (Å²) < 4.78 is 12.9. The van der Waals surface area contributed by atoms with Crippen LogP contribution in [-0.2, 0) is 0 Å². The van der Waals surface area contributed by atoms with E-state index in [9.17, 15) is 9.18 Å². The van der Waals surface area contributed by atoms with Crippen LogP contribution in [0.3, 0.4) is 0 Å². The molecule has 3 rings (SSSR count). The van der Waals surface area contributed by atoms with Crippen LogP contribution in [0.5, 0.6) is 0 Å². The Morgan fingerprint density at radius 3 is 2.56 bits per heavy atom. The van der Waals surface area contributed by atoms with Crippen molar-refractivity contribution in [2.75, 3.05) is 10.6 Å². The predicted molar refractivity (Wildman–Crippen MR) is 96.1 cm³/mol. The lowest BCUT2D eigenvalue weighted by atomic mass is 10.3. The molecular weight excluding hydrogens is 366 g/mol. The molecule has 0 spiro atoms. The summed E-state index contributed by atoms with van der Waals surface area (Å²) in [6.07, 6.45) is 1.44. The van der Waals surface area contributed by atoms with Gasteiger partial charge in [-0.1, -0.05) is 23.2 Å². The summed E-state index contributed by atoms with van der Waals surface area (Å²) in [5.74, 6) is -0.643. The number of anilines is 3. The molecule has 126 valence electrons. The van der Waals surface area contributed by atoms with Crippen LogP contribution >= 0.6 is 23.2 Å². The van der Waals surface area contributed by atoms with Crippen molar-refractivity contribution in [3.63, 3.8) is 0 Å². The first-order chi connectivity index (χ1) is 12.0. The van der Waals surface area contributed by atoms with Crippen LogP contribution in [0.4, 0.5) is 21.7 Å². The highest BCUT2D eigenvalue weighted by molar-refractivity contribution is 6.35. The molecule has 3 aromatic rings. The zero-order valence-electron chi connectivity index (χ0n) is 12.6. The predicted octanol–water partition coefficient (Wildman–Crippen LogP) is 4.92. The first-order valence-electron chi connectivity index (χ1n) is 7.13. The number of hydrogen-bond donors (Lipinski definition) is 2. The first-order valence-corrected chi connectivity index (χ1v) is 7.89. The van der Waals surface area contributed by atoms with Crippen LogP contribution in [0.1, 0.15) is 10.5 Å². The normalized spacial score (nSPS) is 10.4. The summed E-state index contributed by atoms with van der Waals surface area (Å²) in [5.41, 5.74) is 1.11. The molecule has 0 saturated heterocycles. The maximum absolute atomic E-state index is 12.9. The SMILES string of the molecule is O=C(Nc1ccc(F)cc1)c1ccnc(Nc2cc(Cl)ccc2Cl)n1. The second kappa shape index (κ2) is 7.46. The molecule has 8 heteroatoms. The van der Waals surface area contributed by atoms with Gasteiger partial charge in [-0.25, -0.2) is 14.4 Å². The summed E-state index contributed by atoms with van der Waals surface area (Å²) in [6.45, 7) is 0. The zero-order chi connectivity index (χ0) is 17.8. The third-order valence-corrected chi connectivity index (χ3v) is 3.73. The molecule has 0 aliphatic carbocycles. The highest BCUT2D eigenvalue weighted by Gasteiger charge is 2.10. The van der Waals surface area contributed by atoms with E-state index < -0.39 is 5.91 Å². The van der Waals surface area contributed by atoms with Crippen molar-refractivity contribution >= 4 is 46.4 Å². The first kappa shape index (κ1) is 17.1. The number of amides is 1. The maximum atomic E-state index is 12.9. The molecule has 0 aliphatic heterocycles. The van der Waals surface area contributed by atoms with Gasteiger partial charge < -0.3 is 10.6 Å². The Kier molecular flexibility index (Phi) is 5.11. The lowest BCUT2D eigenvalue weighted by Gasteiger charge is -2.09. The van der Waals surface area contributed by atoms with Crippen molar-refractivity contribution in [2.24, 2.45) is 0 Å². The molecule has 0 saturated carbocycles. The quantitative estimate of drug-likeness (QED) is 0.678. The van der Waals surface area contributed by atoms with Crippen molar-refractivity contribution < 1.29 is 9.18 Å². The minimum Gasteiger partial charge on any atom is -0.323 e. The van der Waals surface area contributed by atoms with Crippen molar-refractivity contribution in [3.05, 3.63) is 76.3 Å². The lowest BCUT2D eigenvalue weighted by Crippen LogP contribution is -2.14. The van der Waals surface area contributed by atoms with Gasteiger partial charge in [0.2, 0.25) is 5.95 Å². The molecule has 2 N–H and O–H groups in total. The summed E-state index contributed by atoms with van der Waals surface area (Å²) in [7, 11) is 0. The average molecular weight is 377 g/mol. The highest BCUT2D eigenvalue weighted by atomic mass is 35.5. The van der Waals surface area contributed by atoms with Crippen molar-refractivity contribution in [2.45, 2.75) is 0 Å². The van der Waals surface area contributed by atoms with Gasteiger partial charge in [-0.15, -0.1) is 0 Å². The number of aromatic nitrogens is 2. The lowest BCUT2D eigenvalue weighted by molar-refractivity contribution is 0.102. The van der Waals surface area contributed by atoms with Crippen molar-refractivity contribution in [1.29, 1.82) is 0 Å². The number of halogens is 3. The topological polar surface area (TPSA) is 66.9 Å². The Balaban J connectivity index is 1.77. The molecule has 0 radical (unpaired) electrons. The number of carbonyl (C=O) groups is 1. The van der Waals surface area contributed by atoms with Gasteiger partial charge in [0.15, 0.2) is 0 Å². The molecule has 25 heavy (non-hydrogen) atoms. The maximum Gasteiger partial charge on any atom is 0.274 e. The Morgan fingerprint density at radius 1 is 1.04 bits per heavy atom. The van der Waals surface area contributed by atoms with Crippen LogP contribution in [0, 0.1) is 5.82 Å². The van der Waals surface area contributed by atoms with E-state index in [-0.39, 0.29) is 17.5 Å². The third kappa shape index (κ3) is 4.43. The number of hydrogen-bond acceptors (Lipinski definition) is 4. The van der Waals surface area contributed by atoms with Crippen LogP contribution in [0.2, 0.25) is 10.0 Å². The van der Waals surface area contributed by atoms with E-state index in [1.54, 1.807) is 18.2 Å². The average Bonchev–Trinajstić information content (AvgIpc) is 2.60. The molecule has 0 atom stereocenters. The van der Waals surface area contributed by atoms with E-state index in [0.717, 1.165) is 0 Å². The molecule has 1 amide bonds. The Morgan fingerprint density at radius 2 is 1.80 bits per heavy atom. The summed E-state index contributed by atoms with van der Waals surface area (Å²) in [6, 6.07) is 11.8. The Hall–Kier alpha value is -2.70. The third-order valence-electron chi connectivity index (χ3n) is 3.17. The molecule has 0 unspecified atom stereocenters. The van der Waals surface area contributed by atoms with Gasteiger partial charge in [0, 0.05) is 16.9 Å². The number of nitrogens with one attached hydrogen (secondary N) is 2. The number of rotatable bonds is 4. The molecule has 1 heterocycles. The molecule has 5 nitrogen and oxygen atoms in total. The number of nitrogens with zero attached hydrogens (tertiary/aromatic N) is 2. The zero-order valence-corrected chi connectivity index (χ0v) is 14.1. The largest absolute Gasteiger partial charge is 0.323 e. The molecule has 0 aliphatic rings. The van der Waals surface area contributed by atoms with E-state index in [4.69, 9.17) is 23.2 Å². The monoisotopic (exact) mass is 376 g/mol. The van der Waals surface area contributed by atoms with Crippen molar-refractivity contribution in [3.8, 4) is 0 Å². The van der Waals surface area contributed by atoms with Gasteiger partial charge in [-0.05, 0) is 48.5 Å². The van der Waals surface area contributed by atoms with Crippen LogP contribution in [-0.4, -0.2) is 15.9 Å². The van der Waals surface area contributed by atoms with E-state index in [0.29, 0.717) is 21.4 Å². The van der Waals surface area contributed by atoms with Gasteiger partial charge >= 0.3 is 0 Å². The highest BCUT2D eigenvalue weighted by Crippen LogP contribution is 2.27. The Bertz CT molecular complexity index is 919. The molecule has 0 bridgehead atoms. The minimum absolute atomic E-state index is 0.139. The van der Waals surface area contributed by atoms with Gasteiger partial charge in [-0.2, -0.15) is 0 Å². The molecule has 2 aromatic carbocycles. The molecular formula is C17H11Cl2FN4O. The Labute approximate surface area is 152 Å². The standard InChI is InChI=1S/C17H11Cl2FN4O/c18-10-1-6-13(19)15(9-10)24-17-21-8-7-14(23-17)16(25)22-12-4-2-11(20)3-5-12/h1-9H,(H,22,25)(H,21,23,24). The summed E-state index contributed by atoms with van der Waals surface area (Å²) >= 11 is 12.0.